The SMILES string of the molecule is CC1CCCN(C(N)=NCCN2CCN(C(=O)C3CCCCC3)CC2)C1.I. The van der Waals surface area contributed by atoms with Crippen LogP contribution >= 0.6 is 24.0 Å². The average Bonchev–Trinajstić information content (AvgIpc) is 2.68. The highest BCUT2D eigenvalue weighted by atomic mass is 127. The summed E-state index contributed by atoms with van der Waals surface area (Å²) in [6.45, 7) is 9.74. The van der Waals surface area contributed by atoms with Gasteiger partial charge in [0.1, 0.15) is 0 Å². The van der Waals surface area contributed by atoms with Crippen molar-refractivity contribution in [1.29, 1.82) is 0 Å². The molecular formula is C20H38IN5O. The maximum absolute atomic E-state index is 12.6. The summed E-state index contributed by atoms with van der Waals surface area (Å²) in [5, 5.41) is 0. The van der Waals surface area contributed by atoms with Crippen LogP contribution in [0, 0.1) is 11.8 Å². The van der Waals surface area contributed by atoms with Crippen LogP contribution in [0.2, 0.25) is 0 Å². The number of aliphatic imine (C=N–C) groups is 1. The lowest BCUT2D eigenvalue weighted by molar-refractivity contribution is -0.138. The summed E-state index contributed by atoms with van der Waals surface area (Å²) in [7, 11) is 0. The molecule has 156 valence electrons. The third kappa shape index (κ3) is 6.76. The molecule has 2 saturated heterocycles. The summed E-state index contributed by atoms with van der Waals surface area (Å²) >= 11 is 0. The molecule has 0 aromatic heterocycles. The average molecular weight is 491 g/mol. The molecule has 3 aliphatic rings. The van der Waals surface area contributed by atoms with Crippen molar-refractivity contribution in [3.05, 3.63) is 0 Å². The fourth-order valence-corrected chi connectivity index (χ4v) is 4.60. The number of piperidine rings is 1. The number of carbonyl (C=O) groups excluding carboxylic acids is 1. The van der Waals surface area contributed by atoms with Crippen LogP contribution in [-0.2, 0) is 4.79 Å². The Labute approximate surface area is 181 Å². The highest BCUT2D eigenvalue weighted by Crippen LogP contribution is 2.25. The standard InChI is InChI=1S/C20H37N5O.HI/c1-17-6-5-10-25(16-17)20(21)22-9-11-23-12-14-24(15-13-23)19(26)18-7-3-2-4-8-18;/h17-18H,2-16H2,1H3,(H2,21,22);1H. The fourth-order valence-electron chi connectivity index (χ4n) is 4.60. The second kappa shape index (κ2) is 11.4. The zero-order valence-corrected chi connectivity index (χ0v) is 19.3. The zero-order chi connectivity index (χ0) is 18.4. The van der Waals surface area contributed by atoms with Crippen molar-refractivity contribution in [2.45, 2.75) is 51.9 Å². The number of carbonyl (C=O) groups is 1. The van der Waals surface area contributed by atoms with E-state index in [1.54, 1.807) is 0 Å². The molecule has 1 atom stereocenters. The van der Waals surface area contributed by atoms with Crippen LogP contribution in [0.15, 0.2) is 4.99 Å². The molecule has 1 amide bonds. The predicted octanol–water partition coefficient (Wildman–Crippen LogP) is 2.38. The molecule has 0 bridgehead atoms. The largest absolute Gasteiger partial charge is 0.370 e. The van der Waals surface area contributed by atoms with Crippen molar-refractivity contribution >= 4 is 35.8 Å². The molecule has 7 heteroatoms. The van der Waals surface area contributed by atoms with E-state index in [1.165, 1.54) is 32.1 Å². The van der Waals surface area contributed by atoms with Crippen LogP contribution in [-0.4, -0.2) is 78.9 Å². The van der Waals surface area contributed by atoms with E-state index in [9.17, 15) is 4.79 Å². The molecule has 0 radical (unpaired) electrons. The highest BCUT2D eigenvalue weighted by Gasteiger charge is 2.28. The molecule has 6 nitrogen and oxygen atoms in total. The number of piperazine rings is 1. The number of likely N-dealkylation sites (tertiary alicyclic amines) is 1. The summed E-state index contributed by atoms with van der Waals surface area (Å²) in [6, 6.07) is 0. The molecule has 0 aromatic rings. The minimum atomic E-state index is 0. The molecule has 1 unspecified atom stereocenters. The first-order valence-corrected chi connectivity index (χ1v) is 10.7. The fraction of sp³-hybridized carbons (Fsp3) is 0.900. The third-order valence-electron chi connectivity index (χ3n) is 6.31. The Morgan fingerprint density at radius 1 is 0.963 bits per heavy atom. The molecule has 1 aliphatic carbocycles. The van der Waals surface area contributed by atoms with Gasteiger partial charge in [0.25, 0.3) is 0 Å². The van der Waals surface area contributed by atoms with Gasteiger partial charge < -0.3 is 15.5 Å². The van der Waals surface area contributed by atoms with E-state index in [2.05, 4.69) is 26.6 Å². The monoisotopic (exact) mass is 491 g/mol. The summed E-state index contributed by atoms with van der Waals surface area (Å²) in [5.41, 5.74) is 6.18. The van der Waals surface area contributed by atoms with Crippen LogP contribution in [0.4, 0.5) is 0 Å². The number of halogens is 1. The lowest BCUT2D eigenvalue weighted by atomic mass is 9.88. The summed E-state index contributed by atoms with van der Waals surface area (Å²) < 4.78 is 0. The molecule has 0 spiro atoms. The summed E-state index contributed by atoms with van der Waals surface area (Å²) in [5.74, 6) is 2.13. The van der Waals surface area contributed by atoms with Crippen LogP contribution in [0.5, 0.6) is 0 Å². The number of nitrogens with two attached hydrogens (primary N) is 1. The van der Waals surface area contributed by atoms with Crippen LogP contribution < -0.4 is 5.73 Å². The Morgan fingerprint density at radius 3 is 2.33 bits per heavy atom. The van der Waals surface area contributed by atoms with Crippen molar-refractivity contribution in [3.63, 3.8) is 0 Å². The maximum Gasteiger partial charge on any atom is 0.225 e. The minimum absolute atomic E-state index is 0. The van der Waals surface area contributed by atoms with E-state index in [4.69, 9.17) is 5.73 Å². The molecule has 2 heterocycles. The van der Waals surface area contributed by atoms with Gasteiger partial charge in [-0.3, -0.25) is 14.7 Å². The first-order valence-electron chi connectivity index (χ1n) is 10.7. The first kappa shape index (κ1) is 22.7. The summed E-state index contributed by atoms with van der Waals surface area (Å²) in [6.07, 6.45) is 8.47. The Hall–Kier alpha value is -0.570. The van der Waals surface area contributed by atoms with Crippen molar-refractivity contribution in [3.8, 4) is 0 Å². The van der Waals surface area contributed by atoms with Gasteiger partial charge >= 0.3 is 0 Å². The number of rotatable bonds is 4. The zero-order valence-electron chi connectivity index (χ0n) is 16.9. The Balaban J connectivity index is 0.00000261. The van der Waals surface area contributed by atoms with Gasteiger partial charge in [0, 0.05) is 51.7 Å². The Kier molecular flexibility index (Phi) is 9.62. The smallest absolute Gasteiger partial charge is 0.225 e. The second-order valence-electron chi connectivity index (χ2n) is 8.44. The van der Waals surface area contributed by atoms with Gasteiger partial charge in [-0.25, -0.2) is 0 Å². The van der Waals surface area contributed by atoms with Gasteiger partial charge in [-0.15, -0.1) is 24.0 Å². The van der Waals surface area contributed by atoms with Crippen molar-refractivity contribution in [2.24, 2.45) is 22.6 Å². The maximum atomic E-state index is 12.6. The van der Waals surface area contributed by atoms with Gasteiger partial charge in [-0.2, -0.15) is 0 Å². The third-order valence-corrected chi connectivity index (χ3v) is 6.31. The molecule has 0 aromatic carbocycles. The van der Waals surface area contributed by atoms with Crippen molar-refractivity contribution in [2.75, 3.05) is 52.4 Å². The topological polar surface area (TPSA) is 65.2 Å². The van der Waals surface area contributed by atoms with Gasteiger partial charge in [-0.05, 0) is 31.6 Å². The number of amides is 1. The van der Waals surface area contributed by atoms with Crippen molar-refractivity contribution < 1.29 is 4.79 Å². The lowest BCUT2D eigenvalue weighted by Gasteiger charge is -2.37. The molecule has 27 heavy (non-hydrogen) atoms. The molecule has 2 N–H and O–H groups in total. The first-order chi connectivity index (χ1) is 12.6. The Morgan fingerprint density at radius 2 is 1.67 bits per heavy atom. The van der Waals surface area contributed by atoms with E-state index >= 15 is 0 Å². The van der Waals surface area contributed by atoms with Gasteiger partial charge in [0.15, 0.2) is 5.96 Å². The molecular weight excluding hydrogens is 453 g/mol. The van der Waals surface area contributed by atoms with E-state index in [-0.39, 0.29) is 24.0 Å². The van der Waals surface area contributed by atoms with Crippen LogP contribution in [0.1, 0.15) is 51.9 Å². The van der Waals surface area contributed by atoms with Crippen LogP contribution in [0.25, 0.3) is 0 Å². The Bertz CT molecular complexity index is 487. The van der Waals surface area contributed by atoms with E-state index < -0.39 is 0 Å². The number of hydrogen-bond acceptors (Lipinski definition) is 3. The molecule has 3 fully saturated rings. The summed E-state index contributed by atoms with van der Waals surface area (Å²) in [4.78, 5) is 24.0. The number of guanidine groups is 1. The molecule has 1 saturated carbocycles. The lowest BCUT2D eigenvalue weighted by Crippen LogP contribution is -2.51. The molecule has 2 aliphatic heterocycles. The second-order valence-corrected chi connectivity index (χ2v) is 8.44. The van der Waals surface area contributed by atoms with E-state index in [1.807, 2.05) is 0 Å². The van der Waals surface area contributed by atoms with Gasteiger partial charge in [0.05, 0.1) is 6.54 Å². The normalized spacial score (nSPS) is 26.0. The molecule has 3 rings (SSSR count). The minimum Gasteiger partial charge on any atom is -0.370 e. The quantitative estimate of drug-likeness (QED) is 0.373. The predicted molar refractivity (Wildman–Crippen MR) is 121 cm³/mol. The highest BCUT2D eigenvalue weighted by molar-refractivity contribution is 14.0. The van der Waals surface area contributed by atoms with Gasteiger partial charge in [0.2, 0.25) is 5.91 Å². The van der Waals surface area contributed by atoms with Gasteiger partial charge in [-0.1, -0.05) is 26.2 Å². The number of hydrogen-bond donors (Lipinski definition) is 1. The number of nitrogens with zero attached hydrogens (tertiary/aromatic N) is 4. The van der Waals surface area contributed by atoms with E-state index in [0.717, 1.165) is 65.2 Å². The van der Waals surface area contributed by atoms with E-state index in [0.29, 0.717) is 23.7 Å². The van der Waals surface area contributed by atoms with Crippen molar-refractivity contribution in [1.82, 2.24) is 14.7 Å². The van der Waals surface area contributed by atoms with Crippen LogP contribution in [0.3, 0.4) is 0 Å².